The zero-order chi connectivity index (χ0) is 21.5. The van der Waals surface area contributed by atoms with Gasteiger partial charge >= 0.3 is 0 Å². The van der Waals surface area contributed by atoms with Crippen LogP contribution in [0.4, 0.5) is 0 Å². The molecule has 0 fully saturated rings. The zero-order valence-corrected chi connectivity index (χ0v) is 18.1. The third-order valence-electron chi connectivity index (χ3n) is 5.03. The van der Waals surface area contributed by atoms with Crippen LogP contribution < -0.4 is 9.47 Å². The summed E-state index contributed by atoms with van der Waals surface area (Å²) in [6, 6.07) is 15.7. The summed E-state index contributed by atoms with van der Waals surface area (Å²) in [5.41, 5.74) is 2.88. The van der Waals surface area contributed by atoms with Crippen molar-refractivity contribution in [3.63, 3.8) is 0 Å². The Kier molecular flexibility index (Phi) is 7.33. The number of methoxy groups -OCH3 is 2. The number of ether oxygens (including phenoxy) is 2. The smallest absolute Gasteiger partial charge is 0.223 e. The van der Waals surface area contributed by atoms with Gasteiger partial charge in [-0.05, 0) is 29.7 Å². The molecule has 0 N–H and O–H groups in total. The average Bonchev–Trinajstić information content (AvgIpc) is 3.21. The predicted octanol–water partition coefficient (Wildman–Crippen LogP) is 4.27. The molecule has 1 aliphatic heterocycles. The molecule has 1 heterocycles. The lowest BCUT2D eigenvalue weighted by Crippen LogP contribution is -2.37. The van der Waals surface area contributed by atoms with E-state index in [0.29, 0.717) is 43.3 Å². The molecule has 0 bridgehead atoms. The van der Waals surface area contributed by atoms with Crippen molar-refractivity contribution in [1.29, 1.82) is 0 Å². The zero-order valence-electron chi connectivity index (χ0n) is 18.1. The van der Waals surface area contributed by atoms with Crippen molar-refractivity contribution in [2.24, 2.45) is 11.1 Å². The summed E-state index contributed by atoms with van der Waals surface area (Å²) in [4.78, 5) is 20.4. The summed E-state index contributed by atoms with van der Waals surface area (Å²) in [6.07, 6.45) is 0.978. The van der Waals surface area contributed by atoms with Crippen LogP contribution in [0.2, 0.25) is 0 Å². The second-order valence-corrected chi connectivity index (χ2v) is 7.90. The highest BCUT2D eigenvalue weighted by Crippen LogP contribution is 2.29. The third kappa shape index (κ3) is 5.53. The average molecular weight is 411 g/mol. The van der Waals surface area contributed by atoms with Crippen LogP contribution in [0.15, 0.2) is 53.7 Å². The van der Waals surface area contributed by atoms with E-state index in [-0.39, 0.29) is 12.0 Å². The summed E-state index contributed by atoms with van der Waals surface area (Å²) in [5.74, 6) is 1.76. The SMILES string of the molecule is COc1ccc(C2=NO[C@H](CN(Cc3ccccc3)C(=O)CC(C)C)C2)cc1OC. The Bertz CT molecular complexity index is 880. The largest absolute Gasteiger partial charge is 0.493 e. The second-order valence-electron chi connectivity index (χ2n) is 7.90. The monoisotopic (exact) mass is 410 g/mol. The number of hydrogen-bond acceptors (Lipinski definition) is 5. The van der Waals surface area contributed by atoms with Gasteiger partial charge in [0.2, 0.25) is 5.91 Å². The highest BCUT2D eigenvalue weighted by Gasteiger charge is 2.27. The van der Waals surface area contributed by atoms with Gasteiger partial charge in [0, 0.05) is 24.9 Å². The highest BCUT2D eigenvalue weighted by molar-refractivity contribution is 6.01. The predicted molar refractivity (Wildman–Crippen MR) is 117 cm³/mol. The van der Waals surface area contributed by atoms with Crippen LogP contribution in [0.3, 0.4) is 0 Å². The van der Waals surface area contributed by atoms with E-state index in [4.69, 9.17) is 14.3 Å². The molecule has 0 unspecified atom stereocenters. The van der Waals surface area contributed by atoms with Crippen molar-refractivity contribution >= 4 is 11.6 Å². The number of amides is 1. The van der Waals surface area contributed by atoms with Crippen LogP contribution in [0.1, 0.15) is 37.8 Å². The van der Waals surface area contributed by atoms with E-state index in [1.165, 1.54) is 0 Å². The van der Waals surface area contributed by atoms with Crippen LogP contribution in [0, 0.1) is 5.92 Å². The maximum Gasteiger partial charge on any atom is 0.223 e. The number of benzene rings is 2. The Labute approximate surface area is 178 Å². The minimum absolute atomic E-state index is 0.136. The number of nitrogens with zero attached hydrogens (tertiary/aromatic N) is 2. The van der Waals surface area contributed by atoms with Gasteiger partial charge in [-0.15, -0.1) is 0 Å². The van der Waals surface area contributed by atoms with Crippen LogP contribution in [-0.4, -0.2) is 43.4 Å². The molecule has 6 nitrogen and oxygen atoms in total. The van der Waals surface area contributed by atoms with Crippen LogP contribution in [0.25, 0.3) is 0 Å². The number of rotatable bonds is 9. The highest BCUT2D eigenvalue weighted by atomic mass is 16.6. The van der Waals surface area contributed by atoms with Gasteiger partial charge in [-0.2, -0.15) is 0 Å². The maximum atomic E-state index is 12.9. The molecule has 1 amide bonds. The quantitative estimate of drug-likeness (QED) is 0.619. The topological polar surface area (TPSA) is 60.4 Å². The van der Waals surface area contributed by atoms with Gasteiger partial charge in [0.25, 0.3) is 0 Å². The molecule has 160 valence electrons. The van der Waals surface area contributed by atoms with Crippen molar-refractivity contribution in [2.75, 3.05) is 20.8 Å². The van der Waals surface area contributed by atoms with Crippen molar-refractivity contribution in [3.8, 4) is 11.5 Å². The Morgan fingerprint density at radius 1 is 1.13 bits per heavy atom. The summed E-state index contributed by atoms with van der Waals surface area (Å²) in [6.45, 7) is 5.19. The van der Waals surface area contributed by atoms with Crippen molar-refractivity contribution in [3.05, 3.63) is 59.7 Å². The van der Waals surface area contributed by atoms with Crippen LogP contribution >= 0.6 is 0 Å². The minimum atomic E-state index is -0.173. The molecule has 2 aromatic carbocycles. The van der Waals surface area contributed by atoms with Crippen LogP contribution in [-0.2, 0) is 16.2 Å². The van der Waals surface area contributed by atoms with Gasteiger partial charge in [-0.25, -0.2) is 0 Å². The molecule has 30 heavy (non-hydrogen) atoms. The normalized spacial score (nSPS) is 15.5. The van der Waals surface area contributed by atoms with Crippen molar-refractivity contribution in [1.82, 2.24) is 4.90 Å². The summed E-state index contributed by atoms with van der Waals surface area (Å²) in [5, 5.41) is 4.28. The maximum absolute atomic E-state index is 12.9. The first-order valence-electron chi connectivity index (χ1n) is 10.3. The molecule has 0 aliphatic carbocycles. The molecule has 0 saturated heterocycles. The fraction of sp³-hybridized carbons (Fsp3) is 0.417. The third-order valence-corrected chi connectivity index (χ3v) is 5.03. The molecule has 1 aliphatic rings. The lowest BCUT2D eigenvalue weighted by atomic mass is 10.0. The first-order chi connectivity index (χ1) is 14.5. The van der Waals surface area contributed by atoms with Crippen LogP contribution in [0.5, 0.6) is 11.5 Å². The van der Waals surface area contributed by atoms with Gasteiger partial charge in [0.05, 0.1) is 26.5 Å². The fourth-order valence-corrected chi connectivity index (χ4v) is 3.50. The Hall–Kier alpha value is -3.02. The summed E-state index contributed by atoms with van der Waals surface area (Å²) < 4.78 is 10.7. The molecule has 0 radical (unpaired) electrons. The number of carbonyl (C=O) groups excluding carboxylic acids is 1. The molecule has 1 atom stereocenters. The van der Waals surface area contributed by atoms with Crippen molar-refractivity contribution in [2.45, 2.75) is 39.3 Å². The van der Waals surface area contributed by atoms with E-state index < -0.39 is 0 Å². The molecule has 2 aromatic rings. The van der Waals surface area contributed by atoms with E-state index in [1.807, 2.05) is 53.4 Å². The van der Waals surface area contributed by atoms with Crippen molar-refractivity contribution < 1.29 is 19.1 Å². The van der Waals surface area contributed by atoms with Gasteiger partial charge in [0.15, 0.2) is 17.6 Å². The summed E-state index contributed by atoms with van der Waals surface area (Å²) in [7, 11) is 3.22. The van der Waals surface area contributed by atoms with E-state index >= 15 is 0 Å². The number of hydrogen-bond donors (Lipinski definition) is 0. The number of carbonyl (C=O) groups is 1. The molecule has 0 saturated carbocycles. The first kappa shape index (κ1) is 21.7. The molecule has 6 heteroatoms. The van der Waals surface area contributed by atoms with Gasteiger partial charge < -0.3 is 19.2 Å². The van der Waals surface area contributed by atoms with E-state index in [1.54, 1.807) is 14.2 Å². The minimum Gasteiger partial charge on any atom is -0.493 e. The Balaban J connectivity index is 1.68. The van der Waals surface area contributed by atoms with Gasteiger partial charge in [-0.1, -0.05) is 49.3 Å². The van der Waals surface area contributed by atoms with Gasteiger partial charge in [-0.3, -0.25) is 4.79 Å². The molecule has 0 aromatic heterocycles. The fourth-order valence-electron chi connectivity index (χ4n) is 3.50. The lowest BCUT2D eigenvalue weighted by molar-refractivity contribution is -0.134. The second kappa shape index (κ2) is 10.1. The van der Waals surface area contributed by atoms with E-state index in [2.05, 4.69) is 19.0 Å². The summed E-state index contributed by atoms with van der Waals surface area (Å²) >= 11 is 0. The molecular formula is C24H30N2O4. The van der Waals surface area contributed by atoms with Gasteiger partial charge in [0.1, 0.15) is 0 Å². The molecule has 3 rings (SSSR count). The molecule has 0 spiro atoms. The van der Waals surface area contributed by atoms with E-state index in [9.17, 15) is 4.79 Å². The first-order valence-corrected chi connectivity index (χ1v) is 10.3. The Morgan fingerprint density at radius 3 is 2.53 bits per heavy atom. The van der Waals surface area contributed by atoms with E-state index in [0.717, 1.165) is 16.8 Å². The Morgan fingerprint density at radius 2 is 1.87 bits per heavy atom. The molecular weight excluding hydrogens is 380 g/mol. The standard InChI is InChI=1S/C24H30N2O4/c1-17(2)12-24(27)26(15-18-8-6-5-7-9-18)16-20-14-21(25-30-20)19-10-11-22(28-3)23(13-19)29-4/h5-11,13,17,20H,12,14-16H2,1-4H3/t20-/m0/s1. The number of oxime groups is 1. The lowest BCUT2D eigenvalue weighted by Gasteiger charge is -2.26.